The van der Waals surface area contributed by atoms with Gasteiger partial charge in [-0.2, -0.15) is 0 Å². The number of hydrogen-bond donors (Lipinski definition) is 1. The van der Waals surface area contributed by atoms with Crippen LogP contribution in [0.15, 0.2) is 54.6 Å². The molecule has 0 fully saturated rings. The molecule has 0 radical (unpaired) electrons. The molecule has 0 aliphatic carbocycles. The second kappa shape index (κ2) is 5.03. The number of fused-ring (bicyclic) bond motifs is 1. The maximum Gasteiger partial charge on any atom is 0.228 e. The van der Waals surface area contributed by atoms with Crippen LogP contribution in [0, 0.1) is 5.41 Å². The predicted molar refractivity (Wildman–Crippen MR) is 85.1 cm³/mol. The lowest BCUT2D eigenvalue weighted by atomic mass is 9.71. The van der Waals surface area contributed by atoms with E-state index in [0.717, 1.165) is 11.1 Å². The highest BCUT2D eigenvalue weighted by Gasteiger charge is 2.40. The van der Waals surface area contributed by atoms with Crippen molar-refractivity contribution in [3.8, 4) is 0 Å². The van der Waals surface area contributed by atoms with Crippen LogP contribution < -0.4 is 5.32 Å². The van der Waals surface area contributed by atoms with E-state index in [9.17, 15) is 4.79 Å². The van der Waals surface area contributed by atoms with Gasteiger partial charge < -0.3 is 5.32 Å². The molecule has 0 spiro atoms. The minimum atomic E-state index is -0.103. The molecule has 0 unspecified atom stereocenters. The zero-order chi connectivity index (χ0) is 15.0. The molecule has 2 heteroatoms. The Morgan fingerprint density at radius 2 is 1.43 bits per heavy atom. The van der Waals surface area contributed by atoms with Gasteiger partial charge in [-0.3, -0.25) is 4.79 Å². The summed E-state index contributed by atoms with van der Waals surface area (Å²) in [6, 6.07) is 18.4. The minimum absolute atomic E-state index is 0.0477. The third-order valence-corrected chi connectivity index (χ3v) is 4.17. The topological polar surface area (TPSA) is 29.1 Å². The molecule has 1 aliphatic heterocycles. The lowest BCUT2D eigenvalue weighted by Gasteiger charge is -2.38. The maximum absolute atomic E-state index is 12.7. The Morgan fingerprint density at radius 1 is 0.857 bits per heavy atom. The van der Waals surface area contributed by atoms with Crippen LogP contribution in [0.2, 0.25) is 0 Å². The summed E-state index contributed by atoms with van der Waals surface area (Å²) >= 11 is 0. The van der Waals surface area contributed by atoms with Gasteiger partial charge in [-0.25, -0.2) is 0 Å². The molecule has 3 rings (SSSR count). The first-order valence-electron chi connectivity index (χ1n) is 7.42. The molecule has 2 aromatic carbocycles. The molecular weight excluding hydrogens is 258 g/mol. The highest BCUT2D eigenvalue weighted by Crippen LogP contribution is 2.43. The van der Waals surface area contributed by atoms with Gasteiger partial charge in [0.15, 0.2) is 0 Å². The molecule has 0 saturated carbocycles. The van der Waals surface area contributed by atoms with Gasteiger partial charge in [-0.15, -0.1) is 0 Å². The monoisotopic (exact) mass is 279 g/mol. The van der Waals surface area contributed by atoms with Crippen LogP contribution >= 0.6 is 0 Å². The molecule has 108 valence electrons. The van der Waals surface area contributed by atoms with Crippen LogP contribution in [-0.4, -0.2) is 5.91 Å². The van der Waals surface area contributed by atoms with Gasteiger partial charge >= 0.3 is 0 Å². The van der Waals surface area contributed by atoms with Gasteiger partial charge in [0.1, 0.15) is 0 Å². The molecule has 2 nitrogen and oxygen atoms in total. The number of rotatable bonds is 1. The molecule has 21 heavy (non-hydrogen) atoms. The number of hydrogen-bond acceptors (Lipinski definition) is 1. The van der Waals surface area contributed by atoms with Crippen LogP contribution in [0.3, 0.4) is 0 Å². The summed E-state index contributed by atoms with van der Waals surface area (Å²) in [6.07, 6.45) is 0. The maximum atomic E-state index is 12.7. The summed E-state index contributed by atoms with van der Waals surface area (Å²) in [5.41, 5.74) is 3.40. The standard InChI is InChI=1S/C19H21NO/c1-19(2,3)16-14-11-7-8-12-15(14)17(20-18(16)21)13-9-5-4-6-10-13/h4-12,16-17H,1-3H3,(H,20,21)/t16-,17+/m1/s1. The van der Waals surface area contributed by atoms with Crippen molar-refractivity contribution in [3.63, 3.8) is 0 Å². The lowest BCUT2D eigenvalue weighted by molar-refractivity contribution is -0.126. The molecule has 1 heterocycles. The Labute approximate surface area is 126 Å². The lowest BCUT2D eigenvalue weighted by Crippen LogP contribution is -2.43. The molecule has 1 N–H and O–H groups in total. The summed E-state index contributed by atoms with van der Waals surface area (Å²) < 4.78 is 0. The van der Waals surface area contributed by atoms with E-state index in [2.05, 4.69) is 50.4 Å². The first-order chi connectivity index (χ1) is 9.98. The summed E-state index contributed by atoms with van der Waals surface area (Å²) in [5, 5.41) is 3.21. The normalized spacial score (nSPS) is 21.6. The van der Waals surface area contributed by atoms with Gasteiger partial charge in [0.2, 0.25) is 5.91 Å². The van der Waals surface area contributed by atoms with E-state index in [4.69, 9.17) is 0 Å². The molecule has 1 aliphatic rings. The van der Waals surface area contributed by atoms with Gasteiger partial charge in [0, 0.05) is 0 Å². The average molecular weight is 279 g/mol. The summed E-state index contributed by atoms with van der Waals surface area (Å²) in [4.78, 5) is 12.7. The number of benzene rings is 2. The third-order valence-electron chi connectivity index (χ3n) is 4.17. The Hall–Kier alpha value is -2.09. The van der Waals surface area contributed by atoms with Crippen LogP contribution in [0.4, 0.5) is 0 Å². The fourth-order valence-electron chi connectivity index (χ4n) is 3.25. The molecule has 1 amide bonds. The Bertz CT molecular complexity index is 655. The van der Waals surface area contributed by atoms with Gasteiger partial charge in [-0.05, 0) is 22.1 Å². The van der Waals surface area contributed by atoms with E-state index in [1.165, 1.54) is 5.56 Å². The van der Waals surface area contributed by atoms with Gasteiger partial charge in [0.05, 0.1) is 12.0 Å². The molecule has 0 saturated heterocycles. The van der Waals surface area contributed by atoms with Crippen molar-refractivity contribution in [2.45, 2.75) is 32.7 Å². The van der Waals surface area contributed by atoms with Crippen LogP contribution in [0.1, 0.15) is 49.4 Å². The van der Waals surface area contributed by atoms with Crippen molar-refractivity contribution in [1.29, 1.82) is 0 Å². The minimum Gasteiger partial charge on any atom is -0.345 e. The van der Waals surface area contributed by atoms with E-state index in [1.54, 1.807) is 0 Å². The second-order valence-electron chi connectivity index (χ2n) is 6.78. The number of amides is 1. The van der Waals surface area contributed by atoms with Crippen molar-refractivity contribution < 1.29 is 4.79 Å². The highest BCUT2D eigenvalue weighted by molar-refractivity contribution is 5.87. The summed E-state index contributed by atoms with van der Waals surface area (Å²) in [6.45, 7) is 6.37. The largest absolute Gasteiger partial charge is 0.345 e. The van der Waals surface area contributed by atoms with Crippen molar-refractivity contribution in [2.75, 3.05) is 0 Å². The number of nitrogens with one attached hydrogen (secondary N) is 1. The van der Waals surface area contributed by atoms with Crippen molar-refractivity contribution >= 4 is 5.91 Å². The Balaban J connectivity index is 2.14. The fourth-order valence-corrected chi connectivity index (χ4v) is 3.25. The van der Waals surface area contributed by atoms with Gasteiger partial charge in [-0.1, -0.05) is 75.4 Å². The van der Waals surface area contributed by atoms with Crippen molar-refractivity contribution in [3.05, 3.63) is 71.3 Å². The number of carbonyl (C=O) groups is 1. The molecular formula is C19H21NO. The van der Waals surface area contributed by atoms with E-state index in [-0.39, 0.29) is 23.3 Å². The quantitative estimate of drug-likeness (QED) is 0.838. The second-order valence-corrected chi connectivity index (χ2v) is 6.78. The SMILES string of the molecule is CC(C)(C)[C@H]1C(=O)N[C@@H](c2ccccc2)c2ccccc21. The average Bonchev–Trinajstić information content (AvgIpc) is 2.46. The fraction of sp³-hybridized carbons (Fsp3) is 0.316. The van der Waals surface area contributed by atoms with E-state index in [1.807, 2.05) is 30.3 Å². The van der Waals surface area contributed by atoms with Crippen LogP contribution in [0.5, 0.6) is 0 Å². The molecule has 0 bridgehead atoms. The zero-order valence-electron chi connectivity index (χ0n) is 12.8. The first kappa shape index (κ1) is 13.9. The Morgan fingerprint density at radius 3 is 2.05 bits per heavy atom. The van der Waals surface area contributed by atoms with Crippen molar-refractivity contribution in [2.24, 2.45) is 5.41 Å². The van der Waals surface area contributed by atoms with Crippen molar-refractivity contribution in [1.82, 2.24) is 5.32 Å². The summed E-state index contributed by atoms with van der Waals surface area (Å²) in [5.74, 6) is 0.0173. The smallest absolute Gasteiger partial charge is 0.228 e. The summed E-state index contributed by atoms with van der Waals surface area (Å²) in [7, 11) is 0. The zero-order valence-corrected chi connectivity index (χ0v) is 12.8. The number of carbonyl (C=O) groups excluding carboxylic acids is 1. The predicted octanol–water partition coefficient (Wildman–Crippen LogP) is 4.04. The molecule has 2 aromatic rings. The Kier molecular flexibility index (Phi) is 3.32. The van der Waals surface area contributed by atoms with E-state index >= 15 is 0 Å². The molecule has 0 aromatic heterocycles. The van der Waals surface area contributed by atoms with E-state index in [0.29, 0.717) is 0 Å². The van der Waals surface area contributed by atoms with Crippen LogP contribution in [0.25, 0.3) is 0 Å². The van der Waals surface area contributed by atoms with E-state index < -0.39 is 0 Å². The first-order valence-corrected chi connectivity index (χ1v) is 7.42. The highest BCUT2D eigenvalue weighted by atomic mass is 16.2. The molecule has 2 atom stereocenters. The van der Waals surface area contributed by atoms with Gasteiger partial charge in [0.25, 0.3) is 0 Å². The third kappa shape index (κ3) is 2.46. The van der Waals surface area contributed by atoms with Crippen LogP contribution in [-0.2, 0) is 4.79 Å².